The van der Waals surface area contributed by atoms with Crippen LogP contribution in [-0.2, 0) is 9.59 Å². The molecule has 1 aromatic rings. The lowest BCUT2D eigenvalue weighted by Gasteiger charge is -2.30. The van der Waals surface area contributed by atoms with Gasteiger partial charge in [0.25, 0.3) is 0 Å². The quantitative estimate of drug-likeness (QED) is 0.893. The van der Waals surface area contributed by atoms with Crippen molar-refractivity contribution in [3.63, 3.8) is 0 Å². The first kappa shape index (κ1) is 15.8. The summed E-state index contributed by atoms with van der Waals surface area (Å²) in [5, 5.41) is 2.84. The SMILES string of the molecule is COc1ccc2c(c1)C(C(=O)N1CCCN(C)CC1)CC(=O)N2. The number of hydrogen-bond donors (Lipinski definition) is 1. The van der Waals surface area contributed by atoms with E-state index in [4.69, 9.17) is 4.74 Å². The van der Waals surface area contributed by atoms with Gasteiger partial charge in [0.15, 0.2) is 0 Å². The van der Waals surface area contributed by atoms with E-state index < -0.39 is 5.92 Å². The van der Waals surface area contributed by atoms with Gasteiger partial charge in [-0.2, -0.15) is 0 Å². The highest BCUT2D eigenvalue weighted by Crippen LogP contribution is 2.36. The number of methoxy groups -OCH3 is 1. The average molecular weight is 317 g/mol. The van der Waals surface area contributed by atoms with Gasteiger partial charge >= 0.3 is 0 Å². The molecular weight excluding hydrogens is 294 g/mol. The van der Waals surface area contributed by atoms with E-state index in [0.29, 0.717) is 18.0 Å². The molecule has 0 spiro atoms. The van der Waals surface area contributed by atoms with E-state index in [-0.39, 0.29) is 18.2 Å². The molecule has 1 fully saturated rings. The van der Waals surface area contributed by atoms with Crippen molar-refractivity contribution in [3.05, 3.63) is 23.8 Å². The van der Waals surface area contributed by atoms with Crippen LogP contribution in [-0.4, -0.2) is 62.0 Å². The zero-order valence-corrected chi connectivity index (χ0v) is 13.7. The number of hydrogen-bond acceptors (Lipinski definition) is 4. The summed E-state index contributed by atoms with van der Waals surface area (Å²) in [4.78, 5) is 29.1. The maximum atomic E-state index is 13.0. The molecule has 3 rings (SSSR count). The van der Waals surface area contributed by atoms with Crippen LogP contribution in [0.4, 0.5) is 5.69 Å². The molecule has 6 heteroatoms. The van der Waals surface area contributed by atoms with Crippen molar-refractivity contribution in [2.75, 3.05) is 45.7 Å². The number of nitrogens with zero attached hydrogens (tertiary/aromatic N) is 2. The number of fused-ring (bicyclic) bond motifs is 1. The van der Waals surface area contributed by atoms with Crippen molar-refractivity contribution in [2.24, 2.45) is 0 Å². The second-order valence-corrected chi connectivity index (χ2v) is 6.24. The topological polar surface area (TPSA) is 61.9 Å². The van der Waals surface area contributed by atoms with Crippen molar-refractivity contribution >= 4 is 17.5 Å². The van der Waals surface area contributed by atoms with Crippen molar-refractivity contribution in [1.29, 1.82) is 0 Å². The Hall–Kier alpha value is -2.08. The van der Waals surface area contributed by atoms with Crippen LogP contribution in [0.1, 0.15) is 24.3 Å². The lowest BCUT2D eigenvalue weighted by atomic mass is 9.89. The summed E-state index contributed by atoms with van der Waals surface area (Å²) in [6.07, 6.45) is 1.16. The predicted molar refractivity (Wildman–Crippen MR) is 87.7 cm³/mol. The summed E-state index contributed by atoms with van der Waals surface area (Å²) in [5.74, 6) is 0.225. The zero-order valence-electron chi connectivity index (χ0n) is 13.7. The molecule has 124 valence electrons. The minimum absolute atomic E-state index is 0.0460. The molecule has 2 aliphatic rings. The number of carbonyl (C=O) groups excluding carboxylic acids is 2. The average Bonchev–Trinajstić information content (AvgIpc) is 2.77. The maximum Gasteiger partial charge on any atom is 0.230 e. The Morgan fingerprint density at radius 2 is 2.09 bits per heavy atom. The fraction of sp³-hybridized carbons (Fsp3) is 0.529. The molecule has 23 heavy (non-hydrogen) atoms. The third kappa shape index (κ3) is 3.32. The van der Waals surface area contributed by atoms with E-state index >= 15 is 0 Å². The normalized spacial score (nSPS) is 22.1. The van der Waals surface area contributed by atoms with E-state index in [0.717, 1.165) is 31.6 Å². The van der Waals surface area contributed by atoms with Gasteiger partial charge in [-0.1, -0.05) is 0 Å². The largest absolute Gasteiger partial charge is 0.497 e. The van der Waals surface area contributed by atoms with E-state index in [1.54, 1.807) is 13.2 Å². The fourth-order valence-corrected chi connectivity index (χ4v) is 3.27. The van der Waals surface area contributed by atoms with Crippen LogP contribution in [0, 0.1) is 0 Å². The molecule has 1 unspecified atom stereocenters. The second kappa shape index (κ2) is 6.58. The van der Waals surface area contributed by atoms with Gasteiger partial charge < -0.3 is 19.9 Å². The highest BCUT2D eigenvalue weighted by atomic mass is 16.5. The van der Waals surface area contributed by atoms with Crippen LogP contribution in [0.3, 0.4) is 0 Å². The smallest absolute Gasteiger partial charge is 0.230 e. The van der Waals surface area contributed by atoms with Crippen LogP contribution in [0.2, 0.25) is 0 Å². The Morgan fingerprint density at radius 1 is 1.26 bits per heavy atom. The molecule has 2 amide bonds. The summed E-state index contributed by atoms with van der Waals surface area (Å²) in [6, 6.07) is 5.47. The molecule has 0 aliphatic carbocycles. The summed E-state index contributed by atoms with van der Waals surface area (Å²) in [5.41, 5.74) is 1.57. The number of nitrogens with one attached hydrogen (secondary N) is 1. The first-order valence-electron chi connectivity index (χ1n) is 8.03. The van der Waals surface area contributed by atoms with Crippen LogP contribution in [0.5, 0.6) is 5.75 Å². The van der Waals surface area contributed by atoms with Gasteiger partial charge in [-0.05, 0) is 43.8 Å². The molecule has 1 saturated heterocycles. The maximum absolute atomic E-state index is 13.0. The Morgan fingerprint density at radius 3 is 2.87 bits per heavy atom. The molecule has 0 saturated carbocycles. The Labute approximate surface area is 136 Å². The monoisotopic (exact) mass is 317 g/mol. The fourth-order valence-electron chi connectivity index (χ4n) is 3.27. The van der Waals surface area contributed by atoms with Gasteiger partial charge in [-0.15, -0.1) is 0 Å². The molecule has 1 N–H and O–H groups in total. The number of ether oxygens (including phenoxy) is 1. The van der Waals surface area contributed by atoms with Crippen LogP contribution in [0.25, 0.3) is 0 Å². The van der Waals surface area contributed by atoms with E-state index in [1.807, 2.05) is 17.0 Å². The van der Waals surface area contributed by atoms with Crippen molar-refractivity contribution in [2.45, 2.75) is 18.8 Å². The molecule has 2 heterocycles. The van der Waals surface area contributed by atoms with E-state index in [9.17, 15) is 9.59 Å². The minimum atomic E-state index is -0.419. The second-order valence-electron chi connectivity index (χ2n) is 6.24. The van der Waals surface area contributed by atoms with Crippen molar-refractivity contribution in [1.82, 2.24) is 9.80 Å². The summed E-state index contributed by atoms with van der Waals surface area (Å²) in [6.45, 7) is 3.34. The van der Waals surface area contributed by atoms with Crippen molar-refractivity contribution < 1.29 is 14.3 Å². The number of anilines is 1. The Bertz CT molecular complexity index is 617. The number of rotatable bonds is 2. The van der Waals surface area contributed by atoms with Gasteiger partial charge in [-0.25, -0.2) is 0 Å². The van der Waals surface area contributed by atoms with Crippen molar-refractivity contribution in [3.8, 4) is 5.75 Å². The highest BCUT2D eigenvalue weighted by Gasteiger charge is 2.34. The molecule has 0 aromatic heterocycles. The Kier molecular flexibility index (Phi) is 4.52. The van der Waals surface area contributed by atoms with Gasteiger partial charge in [0, 0.05) is 31.7 Å². The lowest BCUT2D eigenvalue weighted by Crippen LogP contribution is -2.40. The summed E-state index contributed by atoms with van der Waals surface area (Å²) < 4.78 is 5.27. The summed E-state index contributed by atoms with van der Waals surface area (Å²) >= 11 is 0. The highest BCUT2D eigenvalue weighted by molar-refractivity contribution is 6.01. The predicted octanol–water partition coefficient (Wildman–Crippen LogP) is 1.29. The molecule has 6 nitrogen and oxygen atoms in total. The van der Waals surface area contributed by atoms with E-state index in [2.05, 4.69) is 17.3 Å². The standard InChI is InChI=1S/C17H23N3O3/c1-19-6-3-7-20(9-8-19)17(22)14-11-16(21)18-15-5-4-12(23-2)10-13(14)15/h4-5,10,14H,3,6-9,11H2,1-2H3,(H,18,21). The number of benzene rings is 1. The summed E-state index contributed by atoms with van der Waals surface area (Å²) in [7, 11) is 3.67. The van der Waals surface area contributed by atoms with Crippen LogP contribution >= 0.6 is 0 Å². The van der Waals surface area contributed by atoms with Gasteiger partial charge in [0.1, 0.15) is 5.75 Å². The molecular formula is C17H23N3O3. The van der Waals surface area contributed by atoms with Gasteiger partial charge in [0.05, 0.1) is 13.0 Å². The minimum Gasteiger partial charge on any atom is -0.497 e. The third-order valence-electron chi connectivity index (χ3n) is 4.63. The van der Waals surface area contributed by atoms with E-state index in [1.165, 1.54) is 0 Å². The Balaban J connectivity index is 1.87. The molecule has 0 radical (unpaired) electrons. The first-order chi connectivity index (χ1) is 11.1. The number of amides is 2. The van der Waals surface area contributed by atoms with Gasteiger partial charge in [-0.3, -0.25) is 9.59 Å². The zero-order chi connectivity index (χ0) is 16.4. The number of likely N-dealkylation sites (N-methyl/N-ethyl adjacent to an activating group) is 1. The lowest BCUT2D eigenvalue weighted by molar-refractivity contribution is -0.134. The molecule has 2 aliphatic heterocycles. The molecule has 1 atom stereocenters. The van der Waals surface area contributed by atoms with Gasteiger partial charge in [0.2, 0.25) is 11.8 Å². The third-order valence-corrected chi connectivity index (χ3v) is 4.63. The number of carbonyl (C=O) groups is 2. The van der Waals surface area contributed by atoms with Crippen LogP contribution in [0.15, 0.2) is 18.2 Å². The molecule has 1 aromatic carbocycles. The first-order valence-corrected chi connectivity index (χ1v) is 8.03. The van der Waals surface area contributed by atoms with Crippen LogP contribution < -0.4 is 10.1 Å². The molecule has 0 bridgehead atoms.